The molecule has 0 aromatic heterocycles. The van der Waals surface area contributed by atoms with Crippen molar-refractivity contribution < 1.29 is 0 Å². The summed E-state index contributed by atoms with van der Waals surface area (Å²) in [4.78, 5) is 0. The first-order chi connectivity index (χ1) is 6.45. The van der Waals surface area contributed by atoms with Gasteiger partial charge < -0.3 is 0 Å². The molecule has 0 aromatic carbocycles. The van der Waals surface area contributed by atoms with Crippen molar-refractivity contribution in [3.63, 3.8) is 0 Å². The Kier molecular flexibility index (Phi) is 5.83. The van der Waals surface area contributed by atoms with Crippen molar-refractivity contribution in [2.75, 3.05) is 0 Å². The van der Waals surface area contributed by atoms with E-state index in [1.807, 2.05) is 6.08 Å². The maximum absolute atomic E-state index is 3.85. The Hall–Kier alpha value is -0.520. The monoisotopic (exact) mass is 194 g/mol. The van der Waals surface area contributed by atoms with Crippen LogP contribution >= 0.6 is 0 Å². The van der Waals surface area contributed by atoms with Gasteiger partial charge in [-0.05, 0) is 31.6 Å². The quantitative estimate of drug-likeness (QED) is 0.550. The summed E-state index contributed by atoms with van der Waals surface area (Å²) in [7, 11) is 0. The van der Waals surface area contributed by atoms with Crippen molar-refractivity contribution in [3.05, 3.63) is 23.8 Å². The molecule has 0 fully saturated rings. The summed E-state index contributed by atoms with van der Waals surface area (Å²) in [6, 6.07) is 0. The lowest BCUT2D eigenvalue weighted by Crippen LogP contribution is -2.11. The van der Waals surface area contributed by atoms with E-state index in [0.717, 1.165) is 5.92 Å². The van der Waals surface area contributed by atoms with Gasteiger partial charge in [0.05, 0.1) is 0 Å². The van der Waals surface area contributed by atoms with E-state index in [2.05, 4.69) is 48.1 Å². The van der Waals surface area contributed by atoms with Gasteiger partial charge in [0.2, 0.25) is 0 Å². The molecule has 0 heteroatoms. The van der Waals surface area contributed by atoms with Crippen LogP contribution in [0.2, 0.25) is 0 Å². The maximum atomic E-state index is 3.85. The van der Waals surface area contributed by atoms with Crippen LogP contribution in [-0.4, -0.2) is 0 Å². The van der Waals surface area contributed by atoms with Crippen molar-refractivity contribution in [2.45, 2.75) is 48.0 Å². The van der Waals surface area contributed by atoms with Crippen molar-refractivity contribution in [3.8, 4) is 0 Å². The second-order valence-corrected chi connectivity index (χ2v) is 4.56. The molecule has 0 N–H and O–H groups in total. The van der Waals surface area contributed by atoms with Crippen LogP contribution in [0.3, 0.4) is 0 Å². The molecule has 3 unspecified atom stereocenters. The Bertz CT molecular complexity index is 210. The van der Waals surface area contributed by atoms with Gasteiger partial charge in [0.25, 0.3) is 0 Å². The van der Waals surface area contributed by atoms with Crippen LogP contribution in [0.1, 0.15) is 48.0 Å². The Balaban J connectivity index is 4.71. The van der Waals surface area contributed by atoms with Gasteiger partial charge in [0.1, 0.15) is 0 Å². The molecular formula is C14H26. The molecule has 0 aliphatic rings. The van der Waals surface area contributed by atoms with E-state index < -0.39 is 0 Å². The highest BCUT2D eigenvalue weighted by Gasteiger charge is 2.15. The van der Waals surface area contributed by atoms with Gasteiger partial charge in [-0.2, -0.15) is 0 Å². The minimum atomic E-state index is 0.515. The molecular weight excluding hydrogens is 168 g/mol. The lowest BCUT2D eigenvalue weighted by Gasteiger charge is -2.23. The Morgan fingerprint density at radius 2 is 1.64 bits per heavy atom. The summed E-state index contributed by atoms with van der Waals surface area (Å²) in [6.45, 7) is 17.5. The van der Waals surface area contributed by atoms with Crippen LogP contribution in [0.25, 0.3) is 0 Å². The molecule has 0 bridgehead atoms. The molecule has 0 saturated carbocycles. The number of hydrogen-bond donors (Lipinski definition) is 0. The molecule has 0 amide bonds. The zero-order valence-electron chi connectivity index (χ0n) is 10.7. The number of allylic oxidation sites excluding steroid dienone is 3. The van der Waals surface area contributed by atoms with Crippen LogP contribution in [0.15, 0.2) is 23.8 Å². The zero-order chi connectivity index (χ0) is 11.3. The van der Waals surface area contributed by atoms with E-state index in [4.69, 9.17) is 0 Å². The van der Waals surface area contributed by atoms with Gasteiger partial charge >= 0.3 is 0 Å². The predicted molar refractivity (Wildman–Crippen MR) is 66.4 cm³/mol. The highest BCUT2D eigenvalue weighted by atomic mass is 14.2. The second-order valence-electron chi connectivity index (χ2n) is 4.56. The lowest BCUT2D eigenvalue weighted by atomic mass is 9.83. The van der Waals surface area contributed by atoms with E-state index in [9.17, 15) is 0 Å². The van der Waals surface area contributed by atoms with E-state index in [1.165, 1.54) is 12.0 Å². The normalized spacial score (nSPS) is 19.6. The minimum absolute atomic E-state index is 0.515. The molecule has 0 aliphatic carbocycles. The van der Waals surface area contributed by atoms with Gasteiger partial charge in [-0.3, -0.25) is 0 Å². The fourth-order valence-electron chi connectivity index (χ4n) is 1.68. The second kappa shape index (κ2) is 6.06. The number of hydrogen-bond acceptors (Lipinski definition) is 0. The molecule has 82 valence electrons. The summed E-state index contributed by atoms with van der Waals surface area (Å²) >= 11 is 0. The third-order valence-electron chi connectivity index (χ3n) is 3.84. The van der Waals surface area contributed by atoms with Gasteiger partial charge in [0, 0.05) is 0 Å². The molecule has 0 saturated heterocycles. The Morgan fingerprint density at radius 3 is 2.00 bits per heavy atom. The van der Waals surface area contributed by atoms with Crippen molar-refractivity contribution >= 4 is 0 Å². The molecule has 0 radical (unpaired) electrons. The van der Waals surface area contributed by atoms with E-state index in [-0.39, 0.29) is 0 Å². The van der Waals surface area contributed by atoms with Crippen LogP contribution in [0.5, 0.6) is 0 Å². The summed E-state index contributed by atoms with van der Waals surface area (Å²) in [5, 5.41) is 0. The van der Waals surface area contributed by atoms with Crippen LogP contribution in [0, 0.1) is 17.8 Å². The summed E-state index contributed by atoms with van der Waals surface area (Å²) in [5.74, 6) is 1.99. The van der Waals surface area contributed by atoms with Gasteiger partial charge in [-0.25, -0.2) is 0 Å². The predicted octanol–water partition coefficient (Wildman–Crippen LogP) is 4.83. The average molecular weight is 194 g/mol. The molecule has 0 aliphatic heterocycles. The summed E-state index contributed by atoms with van der Waals surface area (Å²) in [5.41, 5.74) is 3.04. The summed E-state index contributed by atoms with van der Waals surface area (Å²) < 4.78 is 0. The average Bonchev–Trinajstić information content (AvgIpc) is 2.23. The number of rotatable bonds is 5. The maximum Gasteiger partial charge on any atom is -0.00544 e. The Morgan fingerprint density at radius 1 is 1.14 bits per heavy atom. The molecule has 0 spiro atoms. The molecule has 14 heavy (non-hydrogen) atoms. The van der Waals surface area contributed by atoms with E-state index in [0.29, 0.717) is 11.8 Å². The summed E-state index contributed by atoms with van der Waals surface area (Å²) in [6.07, 6.45) is 3.29. The third kappa shape index (κ3) is 3.32. The molecule has 3 atom stereocenters. The zero-order valence-corrected chi connectivity index (χ0v) is 10.7. The lowest BCUT2D eigenvalue weighted by molar-refractivity contribution is 0.422. The topological polar surface area (TPSA) is 0 Å². The van der Waals surface area contributed by atoms with Gasteiger partial charge in [0.15, 0.2) is 0 Å². The van der Waals surface area contributed by atoms with Crippen molar-refractivity contribution in [1.82, 2.24) is 0 Å². The van der Waals surface area contributed by atoms with E-state index in [1.54, 1.807) is 5.57 Å². The fraction of sp³-hybridized carbons (Fsp3) is 0.714. The molecule has 0 rings (SSSR count). The SMILES string of the molecule is C=CC(C)C(C)=C(C)C(C)C(C)CC. The van der Waals surface area contributed by atoms with E-state index >= 15 is 0 Å². The first kappa shape index (κ1) is 13.5. The highest BCUT2D eigenvalue weighted by molar-refractivity contribution is 5.18. The smallest absolute Gasteiger partial charge is 0.00544 e. The van der Waals surface area contributed by atoms with Crippen LogP contribution in [0.4, 0.5) is 0 Å². The highest BCUT2D eigenvalue weighted by Crippen LogP contribution is 2.27. The third-order valence-corrected chi connectivity index (χ3v) is 3.84. The molecule has 0 nitrogen and oxygen atoms in total. The first-order valence-corrected chi connectivity index (χ1v) is 5.75. The van der Waals surface area contributed by atoms with Crippen LogP contribution in [-0.2, 0) is 0 Å². The standard InChI is InChI=1S/C14H26/c1-8-10(3)12(5)14(7)13(6)11(4)9-2/h8,10-11,13H,1,9H2,2-7H3. The Labute approximate surface area is 90.1 Å². The van der Waals surface area contributed by atoms with Crippen molar-refractivity contribution in [2.24, 2.45) is 17.8 Å². The molecule has 0 aromatic rings. The van der Waals surface area contributed by atoms with Crippen LogP contribution < -0.4 is 0 Å². The van der Waals surface area contributed by atoms with Gasteiger partial charge in [-0.1, -0.05) is 51.3 Å². The fourth-order valence-corrected chi connectivity index (χ4v) is 1.68. The first-order valence-electron chi connectivity index (χ1n) is 5.75. The minimum Gasteiger partial charge on any atom is -0.102 e. The largest absolute Gasteiger partial charge is 0.102 e. The molecule has 0 heterocycles. The van der Waals surface area contributed by atoms with Crippen molar-refractivity contribution in [1.29, 1.82) is 0 Å². The van der Waals surface area contributed by atoms with Gasteiger partial charge in [-0.15, -0.1) is 6.58 Å².